The van der Waals surface area contributed by atoms with Crippen LogP contribution < -0.4 is 9.62 Å². The summed E-state index contributed by atoms with van der Waals surface area (Å²) in [6.07, 6.45) is 2.00. The van der Waals surface area contributed by atoms with Gasteiger partial charge in [0.2, 0.25) is 21.8 Å². The highest BCUT2D eigenvalue weighted by molar-refractivity contribution is 7.92. The summed E-state index contributed by atoms with van der Waals surface area (Å²) in [5.41, 5.74) is 2.49. The highest BCUT2D eigenvalue weighted by Gasteiger charge is 2.29. The van der Waals surface area contributed by atoms with Crippen LogP contribution in [0.15, 0.2) is 48.5 Å². The van der Waals surface area contributed by atoms with E-state index in [0.29, 0.717) is 42.6 Å². The van der Waals surface area contributed by atoms with E-state index in [9.17, 15) is 18.0 Å². The minimum atomic E-state index is -3.57. The Balaban J connectivity index is 2.20. The van der Waals surface area contributed by atoms with Gasteiger partial charge >= 0.3 is 0 Å². The highest BCUT2D eigenvalue weighted by Crippen LogP contribution is 2.23. The zero-order valence-corrected chi connectivity index (χ0v) is 23.4. The molecular weight excluding hydrogens is 498 g/mol. The molecule has 0 unspecified atom stereocenters. The number of carbonyl (C=O) groups is 2. The Bertz CT molecular complexity index is 1120. The van der Waals surface area contributed by atoms with Crippen molar-refractivity contribution in [1.82, 2.24) is 10.2 Å². The Morgan fingerprint density at radius 3 is 2.31 bits per heavy atom. The third-order valence-corrected chi connectivity index (χ3v) is 7.22. The number of carbonyl (C=O) groups excluding carboxylic acids is 2. The molecule has 0 aliphatic heterocycles. The van der Waals surface area contributed by atoms with Crippen molar-refractivity contribution >= 4 is 39.1 Å². The summed E-state index contributed by atoms with van der Waals surface area (Å²) in [6.45, 7) is 8.88. The predicted molar refractivity (Wildman–Crippen MR) is 147 cm³/mol. The van der Waals surface area contributed by atoms with Gasteiger partial charge in [-0.25, -0.2) is 8.42 Å². The summed E-state index contributed by atoms with van der Waals surface area (Å²) in [6, 6.07) is 13.9. The Labute approximate surface area is 220 Å². The number of sulfonamides is 1. The molecule has 2 amide bonds. The van der Waals surface area contributed by atoms with E-state index in [1.165, 1.54) is 4.31 Å². The third kappa shape index (κ3) is 9.13. The van der Waals surface area contributed by atoms with Crippen LogP contribution in [-0.4, -0.2) is 50.5 Å². The molecule has 0 spiro atoms. The first-order chi connectivity index (χ1) is 16.9. The van der Waals surface area contributed by atoms with Gasteiger partial charge in [0.05, 0.1) is 11.9 Å². The van der Waals surface area contributed by atoms with Gasteiger partial charge in [0, 0.05) is 31.1 Å². The van der Waals surface area contributed by atoms with E-state index in [0.717, 1.165) is 17.4 Å². The second-order valence-electron chi connectivity index (χ2n) is 9.49. The number of benzene rings is 2. The van der Waals surface area contributed by atoms with Gasteiger partial charge in [0.15, 0.2) is 0 Å². The number of amides is 2. The first-order valence-electron chi connectivity index (χ1n) is 12.3. The van der Waals surface area contributed by atoms with Crippen molar-refractivity contribution in [3.05, 3.63) is 64.7 Å². The van der Waals surface area contributed by atoms with E-state index >= 15 is 0 Å². The average Bonchev–Trinajstić information content (AvgIpc) is 2.80. The number of nitrogens with zero attached hydrogens (tertiary/aromatic N) is 2. The molecule has 2 aromatic carbocycles. The number of nitrogens with one attached hydrogen (secondary N) is 1. The predicted octanol–water partition coefficient (Wildman–Crippen LogP) is 4.77. The molecule has 0 radical (unpaired) electrons. The summed E-state index contributed by atoms with van der Waals surface area (Å²) in [5.74, 6) is -0.0776. The van der Waals surface area contributed by atoms with Crippen molar-refractivity contribution in [1.29, 1.82) is 0 Å². The number of aryl methyl sites for hydroxylation is 1. The van der Waals surface area contributed by atoms with Gasteiger partial charge in [0.1, 0.15) is 6.04 Å². The lowest BCUT2D eigenvalue weighted by Crippen LogP contribution is -2.49. The lowest BCUT2D eigenvalue weighted by molar-refractivity contribution is -0.141. The molecule has 0 aliphatic rings. The summed E-state index contributed by atoms with van der Waals surface area (Å²) < 4.78 is 26.1. The number of hydrogen-bond donors (Lipinski definition) is 1. The molecule has 0 saturated heterocycles. The van der Waals surface area contributed by atoms with Crippen LogP contribution in [-0.2, 0) is 26.2 Å². The van der Waals surface area contributed by atoms with Crippen molar-refractivity contribution in [2.24, 2.45) is 5.92 Å². The summed E-state index contributed by atoms with van der Waals surface area (Å²) in [5, 5.41) is 3.38. The first-order valence-corrected chi connectivity index (χ1v) is 14.5. The topological polar surface area (TPSA) is 86.8 Å². The van der Waals surface area contributed by atoms with Gasteiger partial charge in [-0.15, -0.1) is 0 Å². The van der Waals surface area contributed by atoms with E-state index in [2.05, 4.69) is 5.32 Å². The first kappa shape index (κ1) is 29.6. The molecule has 2 aromatic rings. The fourth-order valence-corrected chi connectivity index (χ4v) is 5.01. The number of rotatable bonds is 13. The van der Waals surface area contributed by atoms with E-state index < -0.39 is 16.1 Å². The summed E-state index contributed by atoms with van der Waals surface area (Å²) in [4.78, 5) is 28.0. The smallest absolute Gasteiger partial charge is 0.242 e. The van der Waals surface area contributed by atoms with Gasteiger partial charge < -0.3 is 10.2 Å². The van der Waals surface area contributed by atoms with Crippen LogP contribution in [0.5, 0.6) is 0 Å². The molecule has 0 aromatic heterocycles. The molecule has 9 heteroatoms. The van der Waals surface area contributed by atoms with Crippen molar-refractivity contribution < 1.29 is 18.0 Å². The molecule has 0 saturated carbocycles. The van der Waals surface area contributed by atoms with Crippen LogP contribution in [0.25, 0.3) is 0 Å². The van der Waals surface area contributed by atoms with Crippen molar-refractivity contribution in [2.45, 2.75) is 59.5 Å². The van der Waals surface area contributed by atoms with E-state index in [4.69, 9.17) is 11.6 Å². The molecule has 198 valence electrons. The second kappa shape index (κ2) is 13.7. The maximum atomic E-state index is 13.4. The maximum absolute atomic E-state index is 13.4. The van der Waals surface area contributed by atoms with Gasteiger partial charge in [-0.2, -0.15) is 0 Å². The summed E-state index contributed by atoms with van der Waals surface area (Å²) >= 11 is 6.06. The van der Waals surface area contributed by atoms with Crippen LogP contribution in [0, 0.1) is 12.8 Å². The molecule has 2 rings (SSSR count). The largest absolute Gasteiger partial charge is 0.354 e. The fraction of sp³-hybridized carbons (Fsp3) is 0.481. The highest BCUT2D eigenvalue weighted by atomic mass is 35.5. The minimum Gasteiger partial charge on any atom is -0.354 e. The Morgan fingerprint density at radius 1 is 1.08 bits per heavy atom. The lowest BCUT2D eigenvalue weighted by Gasteiger charge is -2.31. The summed E-state index contributed by atoms with van der Waals surface area (Å²) in [7, 11) is -3.57. The molecule has 0 aliphatic carbocycles. The SMILES string of the molecule is CC[C@@H](C(=O)NCC(C)C)N(Cc1ccc(C)cc1)C(=O)CCCN(c1cccc(Cl)c1)S(C)(=O)=O. The second-order valence-corrected chi connectivity index (χ2v) is 11.8. The van der Waals surface area contributed by atoms with Gasteiger partial charge in [-0.05, 0) is 49.4 Å². The van der Waals surface area contributed by atoms with Crippen molar-refractivity contribution in [3.63, 3.8) is 0 Å². The Hall–Kier alpha value is -2.58. The molecular formula is C27H38ClN3O4S. The molecule has 1 atom stereocenters. The fourth-order valence-electron chi connectivity index (χ4n) is 3.87. The zero-order valence-electron chi connectivity index (χ0n) is 21.8. The third-order valence-electron chi connectivity index (χ3n) is 5.79. The molecule has 7 nitrogen and oxygen atoms in total. The molecule has 0 heterocycles. The van der Waals surface area contributed by atoms with Crippen LogP contribution in [0.2, 0.25) is 5.02 Å². The minimum absolute atomic E-state index is 0.104. The average molecular weight is 536 g/mol. The van der Waals surface area contributed by atoms with Crippen LogP contribution in [0.4, 0.5) is 5.69 Å². The number of halogens is 1. The van der Waals surface area contributed by atoms with Crippen LogP contribution in [0.1, 0.15) is 51.2 Å². The van der Waals surface area contributed by atoms with Gasteiger partial charge in [-0.1, -0.05) is 68.3 Å². The molecule has 1 N–H and O–H groups in total. The van der Waals surface area contributed by atoms with Gasteiger partial charge in [-0.3, -0.25) is 13.9 Å². The van der Waals surface area contributed by atoms with Crippen LogP contribution in [0.3, 0.4) is 0 Å². The zero-order chi connectivity index (χ0) is 26.9. The Morgan fingerprint density at radius 2 is 1.75 bits per heavy atom. The standard InChI is InChI=1S/C27H38ClN3O4S/c1-6-25(27(33)29-18-20(2)3)30(19-22-14-12-21(4)13-15-22)26(32)11-8-16-31(36(5,34)35)24-10-7-9-23(28)17-24/h7,9-10,12-15,17,20,25H,6,8,11,16,18-19H2,1-5H3,(H,29,33)/t25-/m0/s1. The Kier molecular flexibility index (Phi) is 11.2. The lowest BCUT2D eigenvalue weighted by atomic mass is 10.1. The van der Waals surface area contributed by atoms with Crippen molar-refractivity contribution in [2.75, 3.05) is 23.7 Å². The normalized spacial score (nSPS) is 12.3. The number of hydrogen-bond acceptors (Lipinski definition) is 4. The van der Waals surface area contributed by atoms with Crippen LogP contribution >= 0.6 is 11.6 Å². The number of anilines is 1. The molecule has 0 bridgehead atoms. The van der Waals surface area contributed by atoms with E-state index in [-0.39, 0.29) is 24.8 Å². The molecule has 36 heavy (non-hydrogen) atoms. The van der Waals surface area contributed by atoms with Crippen molar-refractivity contribution in [3.8, 4) is 0 Å². The van der Waals surface area contributed by atoms with E-state index in [1.54, 1.807) is 29.2 Å². The van der Waals surface area contributed by atoms with E-state index in [1.807, 2.05) is 52.0 Å². The quantitative estimate of drug-likeness (QED) is 0.400. The maximum Gasteiger partial charge on any atom is 0.242 e. The van der Waals surface area contributed by atoms with Gasteiger partial charge in [0.25, 0.3) is 0 Å². The monoisotopic (exact) mass is 535 g/mol. The molecule has 0 fully saturated rings.